The van der Waals surface area contributed by atoms with Crippen LogP contribution in [0.25, 0.3) is 0 Å². The second-order valence-corrected chi connectivity index (χ2v) is 4.41. The molecule has 2 aromatic rings. The van der Waals surface area contributed by atoms with Crippen LogP contribution in [0.4, 0.5) is 11.9 Å². The summed E-state index contributed by atoms with van der Waals surface area (Å²) in [6.45, 7) is 2.03. The van der Waals surface area contributed by atoms with Crippen molar-refractivity contribution in [2.45, 2.75) is 19.4 Å². The third kappa shape index (κ3) is 1.71. The van der Waals surface area contributed by atoms with Crippen molar-refractivity contribution in [3.05, 3.63) is 35.4 Å². The van der Waals surface area contributed by atoms with E-state index < -0.39 is 0 Å². The van der Waals surface area contributed by atoms with Crippen molar-refractivity contribution in [1.82, 2.24) is 14.8 Å². The van der Waals surface area contributed by atoms with Crippen molar-refractivity contribution in [1.29, 1.82) is 0 Å². The van der Waals surface area contributed by atoms with Gasteiger partial charge in [0.15, 0.2) is 0 Å². The van der Waals surface area contributed by atoms with Gasteiger partial charge in [0.2, 0.25) is 11.9 Å². The molecule has 0 bridgehead atoms. The molecule has 3 N–H and O–H groups in total. The van der Waals surface area contributed by atoms with Crippen molar-refractivity contribution >= 4 is 17.8 Å². The summed E-state index contributed by atoms with van der Waals surface area (Å²) in [4.78, 5) is 15.9. The molecule has 6 heteroatoms. The number of anilines is 2. The highest BCUT2D eigenvalue weighted by Crippen LogP contribution is 2.27. The van der Waals surface area contributed by atoms with E-state index in [1.807, 2.05) is 31.2 Å². The van der Waals surface area contributed by atoms with Gasteiger partial charge in [-0.1, -0.05) is 29.8 Å². The zero-order valence-electron chi connectivity index (χ0n) is 9.92. The van der Waals surface area contributed by atoms with E-state index in [1.165, 1.54) is 10.2 Å². The molecule has 1 atom stereocenters. The Morgan fingerprint density at radius 2 is 2.11 bits per heavy atom. The summed E-state index contributed by atoms with van der Waals surface area (Å²) < 4.78 is 1.22. The maximum absolute atomic E-state index is 11.9. The smallest absolute Gasteiger partial charge is 0.252 e. The minimum atomic E-state index is -0.0986. The summed E-state index contributed by atoms with van der Waals surface area (Å²) in [6.07, 6.45) is 0.346. The monoisotopic (exact) mass is 243 g/mol. The average molecular weight is 243 g/mol. The van der Waals surface area contributed by atoms with Crippen LogP contribution in [0.15, 0.2) is 24.3 Å². The summed E-state index contributed by atoms with van der Waals surface area (Å²) in [7, 11) is 0. The van der Waals surface area contributed by atoms with E-state index in [1.54, 1.807) is 0 Å². The lowest BCUT2D eigenvalue weighted by atomic mass is 10.0. The van der Waals surface area contributed by atoms with E-state index in [2.05, 4.69) is 15.4 Å². The summed E-state index contributed by atoms with van der Waals surface area (Å²) in [6, 6.07) is 7.99. The molecule has 0 saturated carbocycles. The molecule has 1 aliphatic rings. The predicted octanol–water partition coefficient (Wildman–Crippen LogP) is 1.37. The molecular formula is C12H13N5O. The molecular weight excluding hydrogens is 230 g/mol. The number of nitrogen functional groups attached to an aromatic ring is 1. The fourth-order valence-corrected chi connectivity index (χ4v) is 2.06. The SMILES string of the molecule is Cc1ccc(C2CC(=O)n3nc(N)nc3N2)cc1. The van der Waals surface area contributed by atoms with Gasteiger partial charge in [0, 0.05) is 0 Å². The Labute approximate surface area is 104 Å². The van der Waals surface area contributed by atoms with Gasteiger partial charge in [0.05, 0.1) is 12.5 Å². The molecule has 0 fully saturated rings. The highest BCUT2D eigenvalue weighted by Gasteiger charge is 2.27. The number of rotatable bonds is 1. The largest absolute Gasteiger partial charge is 0.366 e. The maximum Gasteiger partial charge on any atom is 0.252 e. The second kappa shape index (κ2) is 3.83. The zero-order chi connectivity index (χ0) is 12.7. The number of aromatic nitrogens is 3. The van der Waals surface area contributed by atoms with Crippen LogP contribution >= 0.6 is 0 Å². The van der Waals surface area contributed by atoms with Crippen LogP contribution in [0.1, 0.15) is 28.4 Å². The Morgan fingerprint density at radius 1 is 1.39 bits per heavy atom. The molecule has 0 saturated heterocycles. The van der Waals surface area contributed by atoms with Crippen LogP contribution in [0.3, 0.4) is 0 Å². The molecule has 6 nitrogen and oxygen atoms in total. The first-order valence-electron chi connectivity index (χ1n) is 5.72. The van der Waals surface area contributed by atoms with Crippen molar-refractivity contribution in [3.63, 3.8) is 0 Å². The summed E-state index contributed by atoms with van der Waals surface area (Å²) in [5, 5.41) is 7.02. The highest BCUT2D eigenvalue weighted by atomic mass is 16.2. The fourth-order valence-electron chi connectivity index (χ4n) is 2.06. The number of carbonyl (C=O) groups excluding carboxylic acids is 1. The van der Waals surface area contributed by atoms with Crippen LogP contribution in [0.2, 0.25) is 0 Å². The molecule has 1 aromatic carbocycles. The van der Waals surface area contributed by atoms with Gasteiger partial charge in [-0.15, -0.1) is 5.10 Å². The van der Waals surface area contributed by atoms with E-state index in [0.717, 1.165) is 5.56 Å². The number of hydrogen-bond acceptors (Lipinski definition) is 5. The molecule has 0 aliphatic carbocycles. The lowest BCUT2D eigenvalue weighted by Crippen LogP contribution is -2.28. The Bertz CT molecular complexity index is 601. The molecule has 2 heterocycles. The summed E-state index contributed by atoms with van der Waals surface area (Å²) in [5.74, 6) is 0.420. The van der Waals surface area contributed by atoms with E-state index >= 15 is 0 Å². The van der Waals surface area contributed by atoms with Gasteiger partial charge in [-0.25, -0.2) is 0 Å². The molecule has 1 aliphatic heterocycles. The highest BCUT2D eigenvalue weighted by molar-refractivity contribution is 5.84. The molecule has 18 heavy (non-hydrogen) atoms. The molecule has 0 amide bonds. The fraction of sp³-hybridized carbons (Fsp3) is 0.250. The van der Waals surface area contributed by atoms with Gasteiger partial charge in [-0.05, 0) is 12.5 Å². The number of nitrogens with zero attached hydrogens (tertiary/aromatic N) is 3. The number of hydrogen-bond donors (Lipinski definition) is 2. The van der Waals surface area contributed by atoms with Gasteiger partial charge >= 0.3 is 0 Å². The van der Waals surface area contributed by atoms with Crippen LogP contribution in [0, 0.1) is 6.92 Å². The molecule has 1 aromatic heterocycles. The number of benzene rings is 1. The Balaban J connectivity index is 1.94. The number of aryl methyl sites for hydroxylation is 1. The second-order valence-electron chi connectivity index (χ2n) is 4.41. The first-order chi connectivity index (χ1) is 8.63. The van der Waals surface area contributed by atoms with E-state index in [4.69, 9.17) is 5.73 Å². The van der Waals surface area contributed by atoms with Crippen molar-refractivity contribution < 1.29 is 4.79 Å². The van der Waals surface area contributed by atoms with Gasteiger partial charge in [0.1, 0.15) is 0 Å². The normalized spacial score (nSPS) is 18.3. The first-order valence-corrected chi connectivity index (χ1v) is 5.72. The number of nitrogens with two attached hydrogens (primary N) is 1. The Kier molecular flexibility index (Phi) is 2.29. The molecule has 0 radical (unpaired) electrons. The van der Waals surface area contributed by atoms with Gasteiger partial charge in [0.25, 0.3) is 5.91 Å². The summed E-state index contributed by atoms with van der Waals surface area (Å²) in [5.41, 5.74) is 7.73. The van der Waals surface area contributed by atoms with Gasteiger partial charge in [-0.2, -0.15) is 9.67 Å². The predicted molar refractivity (Wildman–Crippen MR) is 67.2 cm³/mol. The standard InChI is InChI=1S/C12H13N5O/c1-7-2-4-8(5-3-7)9-6-10(18)17-12(14-9)15-11(13)16-17/h2-5,9H,6H2,1H3,(H3,13,14,15,16). The maximum atomic E-state index is 11.9. The third-order valence-corrected chi connectivity index (χ3v) is 3.02. The third-order valence-electron chi connectivity index (χ3n) is 3.02. The van der Waals surface area contributed by atoms with E-state index in [9.17, 15) is 4.79 Å². The number of fused-ring (bicyclic) bond motifs is 1. The quantitative estimate of drug-likeness (QED) is 0.790. The summed E-state index contributed by atoms with van der Waals surface area (Å²) >= 11 is 0. The van der Waals surface area contributed by atoms with Gasteiger partial charge in [-0.3, -0.25) is 4.79 Å². The van der Waals surface area contributed by atoms with Crippen LogP contribution < -0.4 is 11.1 Å². The Hall–Kier alpha value is -2.37. The van der Waals surface area contributed by atoms with Crippen molar-refractivity contribution in [2.24, 2.45) is 0 Å². The number of carbonyl (C=O) groups is 1. The van der Waals surface area contributed by atoms with Crippen LogP contribution in [-0.4, -0.2) is 20.7 Å². The topological polar surface area (TPSA) is 85.8 Å². The molecule has 0 spiro atoms. The van der Waals surface area contributed by atoms with Crippen LogP contribution in [0.5, 0.6) is 0 Å². The molecule has 1 unspecified atom stereocenters. The minimum absolute atomic E-state index is 0.0748. The lowest BCUT2D eigenvalue weighted by Gasteiger charge is -2.23. The van der Waals surface area contributed by atoms with E-state index in [0.29, 0.717) is 12.4 Å². The first kappa shape index (κ1) is 10.8. The number of nitrogens with one attached hydrogen (secondary N) is 1. The Morgan fingerprint density at radius 3 is 2.83 bits per heavy atom. The molecule has 3 rings (SSSR count). The average Bonchev–Trinajstić information content (AvgIpc) is 2.71. The van der Waals surface area contributed by atoms with Crippen molar-refractivity contribution in [2.75, 3.05) is 11.1 Å². The van der Waals surface area contributed by atoms with Crippen LogP contribution in [-0.2, 0) is 0 Å². The van der Waals surface area contributed by atoms with E-state index in [-0.39, 0.29) is 17.9 Å². The van der Waals surface area contributed by atoms with Gasteiger partial charge < -0.3 is 11.1 Å². The minimum Gasteiger partial charge on any atom is -0.366 e. The zero-order valence-corrected chi connectivity index (χ0v) is 9.92. The lowest BCUT2D eigenvalue weighted by molar-refractivity contribution is 0.0872. The molecule has 92 valence electrons. The van der Waals surface area contributed by atoms with Crippen molar-refractivity contribution in [3.8, 4) is 0 Å².